The van der Waals surface area contributed by atoms with Crippen molar-refractivity contribution in [1.82, 2.24) is 5.32 Å². The normalized spacial score (nSPS) is 12.6. The van der Waals surface area contributed by atoms with E-state index >= 15 is 0 Å². The second-order valence-electron chi connectivity index (χ2n) is 23.5. The van der Waals surface area contributed by atoms with Gasteiger partial charge < -0.3 is 20.3 Å². The van der Waals surface area contributed by atoms with Crippen molar-refractivity contribution < 1.29 is 24.5 Å². The van der Waals surface area contributed by atoms with Crippen LogP contribution in [-0.4, -0.2) is 47.4 Å². The number of nitrogens with one attached hydrogen (secondary N) is 1. The highest BCUT2D eigenvalue weighted by Crippen LogP contribution is 2.18. The molecule has 0 aromatic rings. The maximum absolute atomic E-state index is 12.5. The Hall–Kier alpha value is -1.66. The van der Waals surface area contributed by atoms with Gasteiger partial charge in [-0.05, 0) is 77.0 Å². The molecule has 0 spiro atoms. The average molecular weight is 1060 g/mol. The van der Waals surface area contributed by atoms with Gasteiger partial charge in [-0.15, -0.1) is 0 Å². The van der Waals surface area contributed by atoms with Gasteiger partial charge in [-0.3, -0.25) is 9.59 Å². The lowest BCUT2D eigenvalue weighted by atomic mass is 10.0. The van der Waals surface area contributed by atoms with Crippen LogP contribution in [0.2, 0.25) is 0 Å². The molecule has 0 aromatic carbocycles. The molecule has 0 aliphatic heterocycles. The van der Waals surface area contributed by atoms with Crippen molar-refractivity contribution in [1.29, 1.82) is 0 Å². The minimum Gasteiger partial charge on any atom is -0.466 e. The smallest absolute Gasteiger partial charge is 0.305 e. The molecule has 0 aliphatic carbocycles. The monoisotopic (exact) mass is 1060 g/mol. The van der Waals surface area contributed by atoms with Gasteiger partial charge in [0.05, 0.1) is 25.4 Å². The fourth-order valence-corrected chi connectivity index (χ4v) is 10.7. The Morgan fingerprint density at radius 3 is 0.947 bits per heavy atom. The Labute approximate surface area is 469 Å². The fraction of sp³-hybridized carbons (Fsp3) is 0.913. The van der Waals surface area contributed by atoms with E-state index in [9.17, 15) is 19.8 Å². The molecule has 6 heteroatoms. The summed E-state index contributed by atoms with van der Waals surface area (Å²) in [6.45, 7) is 4.98. The summed E-state index contributed by atoms with van der Waals surface area (Å²) >= 11 is 0. The molecule has 0 radical (unpaired) electrons. The Morgan fingerprint density at radius 2 is 0.627 bits per heavy atom. The van der Waals surface area contributed by atoms with Gasteiger partial charge in [-0.25, -0.2) is 0 Å². The molecule has 6 nitrogen and oxygen atoms in total. The SMILES string of the molecule is CCCCCCCCC/C=C\CCCCCCCC(=O)OCCCCCCCCCCCCCC/C=C\CCCCCCCCCC(=O)NC(CO)C(O)CCCCCCCCCCCCCCCCCCCCC. The van der Waals surface area contributed by atoms with Crippen molar-refractivity contribution in [3.8, 4) is 0 Å². The Morgan fingerprint density at radius 1 is 0.360 bits per heavy atom. The summed E-state index contributed by atoms with van der Waals surface area (Å²) in [5.41, 5.74) is 0. The molecule has 0 aliphatic rings. The number of rotatable bonds is 64. The summed E-state index contributed by atoms with van der Waals surface area (Å²) in [6, 6.07) is -0.547. The number of hydrogen-bond donors (Lipinski definition) is 3. The number of carbonyl (C=O) groups is 2. The van der Waals surface area contributed by atoms with E-state index in [0.29, 0.717) is 25.9 Å². The zero-order valence-electron chi connectivity index (χ0n) is 50.8. The Kier molecular flexibility index (Phi) is 63.4. The Bertz CT molecular complexity index is 1170. The second kappa shape index (κ2) is 64.9. The highest BCUT2D eigenvalue weighted by molar-refractivity contribution is 5.76. The van der Waals surface area contributed by atoms with Crippen LogP contribution in [0.1, 0.15) is 380 Å². The predicted molar refractivity (Wildman–Crippen MR) is 329 cm³/mol. The Balaban J connectivity index is 3.41. The van der Waals surface area contributed by atoms with Crippen LogP contribution >= 0.6 is 0 Å². The van der Waals surface area contributed by atoms with Gasteiger partial charge in [0, 0.05) is 12.8 Å². The third kappa shape index (κ3) is 61.4. The number of aliphatic hydroxyl groups excluding tert-OH is 2. The van der Waals surface area contributed by atoms with Crippen LogP contribution in [0.3, 0.4) is 0 Å². The predicted octanol–water partition coefficient (Wildman–Crippen LogP) is 21.8. The molecule has 75 heavy (non-hydrogen) atoms. The minimum absolute atomic E-state index is 0.00490. The number of hydrogen-bond acceptors (Lipinski definition) is 5. The third-order valence-corrected chi connectivity index (χ3v) is 16.0. The first-order chi connectivity index (χ1) is 37.0. The largest absolute Gasteiger partial charge is 0.466 e. The molecular weight excluding hydrogens is 923 g/mol. The average Bonchev–Trinajstić information content (AvgIpc) is 3.41. The molecule has 0 saturated carbocycles. The first-order valence-electron chi connectivity index (χ1n) is 34.1. The lowest BCUT2D eigenvalue weighted by Crippen LogP contribution is -2.45. The third-order valence-electron chi connectivity index (χ3n) is 16.0. The van der Waals surface area contributed by atoms with Crippen LogP contribution in [0.5, 0.6) is 0 Å². The molecule has 0 heterocycles. The van der Waals surface area contributed by atoms with Crippen molar-refractivity contribution in [3.63, 3.8) is 0 Å². The van der Waals surface area contributed by atoms with Crippen molar-refractivity contribution >= 4 is 11.9 Å². The van der Waals surface area contributed by atoms with Crippen molar-refractivity contribution in [2.75, 3.05) is 13.2 Å². The van der Waals surface area contributed by atoms with Crippen LogP contribution in [0, 0.1) is 0 Å². The van der Waals surface area contributed by atoms with Gasteiger partial charge >= 0.3 is 5.97 Å². The van der Waals surface area contributed by atoms with Crippen LogP contribution in [0.25, 0.3) is 0 Å². The number of unbranched alkanes of at least 4 members (excludes halogenated alkanes) is 49. The number of aliphatic hydroxyl groups is 2. The van der Waals surface area contributed by atoms with E-state index in [-0.39, 0.29) is 18.5 Å². The molecule has 444 valence electrons. The first kappa shape index (κ1) is 73.3. The van der Waals surface area contributed by atoms with Gasteiger partial charge in [0.15, 0.2) is 0 Å². The molecule has 3 N–H and O–H groups in total. The lowest BCUT2D eigenvalue weighted by Gasteiger charge is -2.22. The number of ether oxygens (including phenoxy) is 1. The van der Waals surface area contributed by atoms with Crippen molar-refractivity contribution in [3.05, 3.63) is 24.3 Å². The van der Waals surface area contributed by atoms with E-state index in [1.54, 1.807) is 0 Å². The molecule has 2 unspecified atom stereocenters. The number of allylic oxidation sites excluding steroid dienone is 4. The highest BCUT2D eigenvalue weighted by Gasteiger charge is 2.20. The van der Waals surface area contributed by atoms with Crippen molar-refractivity contribution in [2.24, 2.45) is 0 Å². The molecule has 0 rings (SSSR count). The van der Waals surface area contributed by atoms with E-state index < -0.39 is 12.1 Å². The molecule has 2 atom stereocenters. The summed E-state index contributed by atoms with van der Waals surface area (Å²) in [7, 11) is 0. The molecular formula is C69H133NO5. The fourth-order valence-electron chi connectivity index (χ4n) is 10.7. The maximum Gasteiger partial charge on any atom is 0.305 e. The van der Waals surface area contributed by atoms with Crippen LogP contribution < -0.4 is 5.32 Å². The van der Waals surface area contributed by atoms with E-state index in [1.807, 2.05) is 0 Å². The molecule has 1 amide bonds. The molecule has 0 saturated heterocycles. The van der Waals surface area contributed by atoms with Gasteiger partial charge in [-0.1, -0.05) is 314 Å². The molecule has 0 fully saturated rings. The maximum atomic E-state index is 12.5. The summed E-state index contributed by atoms with van der Waals surface area (Å²) in [5, 5.41) is 23.4. The van der Waals surface area contributed by atoms with E-state index in [0.717, 1.165) is 44.9 Å². The van der Waals surface area contributed by atoms with Crippen LogP contribution in [0.15, 0.2) is 24.3 Å². The summed E-state index contributed by atoms with van der Waals surface area (Å²) in [4.78, 5) is 24.6. The minimum atomic E-state index is -0.669. The molecule has 0 bridgehead atoms. The quantitative estimate of drug-likeness (QED) is 0.0320. The van der Waals surface area contributed by atoms with E-state index in [1.165, 1.54) is 302 Å². The van der Waals surface area contributed by atoms with Crippen molar-refractivity contribution in [2.45, 2.75) is 392 Å². The zero-order chi connectivity index (χ0) is 54.3. The number of esters is 1. The first-order valence-corrected chi connectivity index (χ1v) is 34.1. The molecule has 0 aromatic heterocycles. The number of carbonyl (C=O) groups excluding carboxylic acids is 2. The van der Waals surface area contributed by atoms with Gasteiger partial charge in [0.25, 0.3) is 0 Å². The van der Waals surface area contributed by atoms with E-state index in [4.69, 9.17) is 4.74 Å². The van der Waals surface area contributed by atoms with E-state index in [2.05, 4.69) is 43.5 Å². The van der Waals surface area contributed by atoms with Crippen LogP contribution in [-0.2, 0) is 14.3 Å². The number of amides is 1. The standard InChI is InChI=1S/C69H133NO5/c1-3-5-7-9-11-13-15-17-19-21-27-30-33-37-41-45-49-53-57-61-67(72)66(65-71)70-68(73)62-58-54-50-46-42-38-34-31-28-25-23-22-24-26-29-32-36-40-44-48-52-56-60-64-75-69(74)63-59-55-51-47-43-39-35-20-18-16-14-12-10-8-6-4-2/h20,25,28,35,66-67,71-72H,3-19,21-24,26-27,29-34,36-65H2,1-2H3,(H,70,73)/b28-25-,35-20-. The second-order valence-corrected chi connectivity index (χ2v) is 23.5. The van der Waals surface area contributed by atoms with Crippen LogP contribution in [0.4, 0.5) is 0 Å². The van der Waals surface area contributed by atoms with Gasteiger partial charge in [0.1, 0.15) is 0 Å². The summed E-state index contributed by atoms with van der Waals surface area (Å²) < 4.78 is 5.49. The summed E-state index contributed by atoms with van der Waals surface area (Å²) in [5.74, 6) is -0.0329. The topological polar surface area (TPSA) is 95.9 Å². The lowest BCUT2D eigenvalue weighted by molar-refractivity contribution is -0.143. The van der Waals surface area contributed by atoms with Gasteiger partial charge in [-0.2, -0.15) is 0 Å². The van der Waals surface area contributed by atoms with Gasteiger partial charge in [0.2, 0.25) is 5.91 Å². The summed E-state index contributed by atoms with van der Waals surface area (Å²) in [6.07, 6.45) is 80.6. The zero-order valence-corrected chi connectivity index (χ0v) is 50.8. The highest BCUT2D eigenvalue weighted by atomic mass is 16.5.